The Morgan fingerprint density at radius 2 is 1.64 bits per heavy atom. The van der Waals surface area contributed by atoms with Crippen molar-refractivity contribution in [3.8, 4) is 5.88 Å². The second-order valence-corrected chi connectivity index (χ2v) is 8.14. The molecule has 1 unspecified atom stereocenters. The molecule has 28 heavy (non-hydrogen) atoms. The van der Waals surface area contributed by atoms with E-state index in [1.165, 1.54) is 18.5 Å². The van der Waals surface area contributed by atoms with Crippen LogP contribution < -0.4 is 10.5 Å². The van der Waals surface area contributed by atoms with Gasteiger partial charge in [0.1, 0.15) is 34.2 Å². The summed E-state index contributed by atoms with van der Waals surface area (Å²) in [7, 11) is -3.85. The van der Waals surface area contributed by atoms with Crippen LogP contribution in [0.5, 0.6) is 5.88 Å². The van der Waals surface area contributed by atoms with Crippen molar-refractivity contribution in [2.24, 2.45) is 0 Å². The number of rotatable bonds is 5. The van der Waals surface area contributed by atoms with Gasteiger partial charge in [-0.15, -0.1) is 0 Å². The number of benzene rings is 2. The Morgan fingerprint density at radius 1 is 1.00 bits per heavy atom. The molecule has 2 aromatic carbocycles. The van der Waals surface area contributed by atoms with Gasteiger partial charge in [0.15, 0.2) is 0 Å². The van der Waals surface area contributed by atoms with Crippen LogP contribution in [0.15, 0.2) is 76.8 Å². The number of hydrogen-bond donors (Lipinski definition) is 2. The van der Waals surface area contributed by atoms with Gasteiger partial charge in [-0.05, 0) is 24.6 Å². The third-order valence-corrected chi connectivity index (χ3v) is 6.25. The van der Waals surface area contributed by atoms with Crippen LogP contribution in [0, 0.1) is 0 Å². The van der Waals surface area contributed by atoms with Crippen molar-refractivity contribution in [1.82, 2.24) is 15.0 Å². The summed E-state index contributed by atoms with van der Waals surface area (Å²) in [6, 6.07) is 17.7. The van der Waals surface area contributed by atoms with E-state index in [0.29, 0.717) is 5.52 Å². The van der Waals surface area contributed by atoms with Crippen molar-refractivity contribution < 1.29 is 13.2 Å². The number of aromatic nitrogens is 3. The van der Waals surface area contributed by atoms with Crippen LogP contribution in [0.3, 0.4) is 0 Å². The average molecular weight is 394 g/mol. The van der Waals surface area contributed by atoms with E-state index >= 15 is 0 Å². The standard InChI is InChI=1S/C20H18N4O3S/c1-13(14-8-4-2-5-9-14)27-20-17-16(22-12-23-20)18(19(21)24-17)28(25,26)15-10-6-3-7-11-15/h2-13,24H,21H2,1H3. The minimum Gasteiger partial charge on any atom is -0.468 e. The number of anilines is 1. The zero-order valence-electron chi connectivity index (χ0n) is 15.0. The zero-order valence-corrected chi connectivity index (χ0v) is 15.8. The number of nitrogens with zero attached hydrogens (tertiary/aromatic N) is 2. The fraction of sp³-hybridized carbons (Fsp3) is 0.100. The third-order valence-electron chi connectivity index (χ3n) is 4.41. The first-order valence-electron chi connectivity index (χ1n) is 8.62. The fourth-order valence-electron chi connectivity index (χ4n) is 3.01. The molecule has 0 amide bonds. The number of fused-ring (bicyclic) bond motifs is 1. The molecule has 0 bridgehead atoms. The first kappa shape index (κ1) is 18.0. The number of nitrogens with one attached hydrogen (secondary N) is 1. The summed E-state index contributed by atoms with van der Waals surface area (Å²) in [6.07, 6.45) is 0.977. The summed E-state index contributed by atoms with van der Waals surface area (Å²) in [6.45, 7) is 1.89. The quantitative estimate of drug-likeness (QED) is 0.536. The fourth-order valence-corrected chi connectivity index (χ4v) is 4.51. The van der Waals surface area contributed by atoms with Crippen LogP contribution in [0.4, 0.5) is 5.82 Å². The van der Waals surface area contributed by atoms with Gasteiger partial charge in [0.2, 0.25) is 15.7 Å². The molecule has 0 spiro atoms. The van der Waals surface area contributed by atoms with E-state index < -0.39 is 9.84 Å². The van der Waals surface area contributed by atoms with Crippen molar-refractivity contribution in [2.75, 3.05) is 5.73 Å². The molecule has 0 saturated heterocycles. The molecule has 1 atom stereocenters. The molecule has 0 aliphatic rings. The van der Waals surface area contributed by atoms with Gasteiger partial charge in [-0.3, -0.25) is 0 Å². The second kappa shape index (κ2) is 6.97. The number of H-pyrrole nitrogens is 1. The third kappa shape index (κ3) is 3.07. The second-order valence-electron chi connectivity index (χ2n) is 6.26. The highest BCUT2D eigenvalue weighted by molar-refractivity contribution is 7.92. The molecule has 0 radical (unpaired) electrons. The molecule has 2 heterocycles. The van der Waals surface area contributed by atoms with E-state index in [1.807, 2.05) is 37.3 Å². The average Bonchev–Trinajstić information content (AvgIpc) is 3.07. The summed E-state index contributed by atoms with van der Waals surface area (Å²) in [5.74, 6) is 0.235. The lowest BCUT2D eigenvalue weighted by molar-refractivity contribution is 0.220. The SMILES string of the molecule is CC(Oc1ncnc2c(S(=O)(=O)c3ccccc3)c(N)[nH]c12)c1ccccc1. The molecule has 8 heteroatoms. The molecule has 4 aromatic rings. The molecule has 0 fully saturated rings. The Labute approximate surface area is 162 Å². The number of nitrogen functional groups attached to an aromatic ring is 1. The molecular formula is C20H18N4O3S. The minimum atomic E-state index is -3.85. The van der Waals surface area contributed by atoms with Crippen LogP contribution in [-0.2, 0) is 9.84 Å². The molecule has 7 nitrogen and oxygen atoms in total. The predicted octanol–water partition coefficient (Wildman–Crippen LogP) is 3.51. The van der Waals surface area contributed by atoms with E-state index in [-0.39, 0.29) is 33.1 Å². The summed E-state index contributed by atoms with van der Waals surface area (Å²) in [4.78, 5) is 11.3. The maximum absolute atomic E-state index is 13.1. The highest BCUT2D eigenvalue weighted by Gasteiger charge is 2.28. The summed E-state index contributed by atoms with van der Waals surface area (Å²) in [5.41, 5.74) is 7.54. The normalized spacial score (nSPS) is 12.8. The lowest BCUT2D eigenvalue weighted by atomic mass is 10.1. The van der Waals surface area contributed by atoms with Crippen molar-refractivity contribution >= 4 is 26.7 Å². The first-order chi connectivity index (χ1) is 13.5. The Bertz CT molecular complexity index is 1220. The van der Waals surface area contributed by atoms with E-state index in [9.17, 15) is 8.42 Å². The molecule has 0 aliphatic carbocycles. The van der Waals surface area contributed by atoms with E-state index in [2.05, 4.69) is 15.0 Å². The number of aromatic amines is 1. The summed E-state index contributed by atoms with van der Waals surface area (Å²) in [5, 5.41) is 0. The van der Waals surface area contributed by atoms with Gasteiger partial charge in [-0.2, -0.15) is 4.98 Å². The number of nitrogens with two attached hydrogens (primary N) is 1. The highest BCUT2D eigenvalue weighted by Crippen LogP contribution is 2.35. The molecule has 0 saturated carbocycles. The summed E-state index contributed by atoms with van der Waals surface area (Å²) >= 11 is 0. The Morgan fingerprint density at radius 3 is 2.32 bits per heavy atom. The maximum atomic E-state index is 13.1. The van der Waals surface area contributed by atoms with E-state index in [1.54, 1.807) is 18.2 Å². The smallest absolute Gasteiger partial charge is 0.242 e. The monoisotopic (exact) mass is 394 g/mol. The van der Waals surface area contributed by atoms with Crippen LogP contribution >= 0.6 is 0 Å². The highest BCUT2D eigenvalue weighted by atomic mass is 32.2. The van der Waals surface area contributed by atoms with Crippen molar-refractivity contribution in [3.05, 3.63) is 72.6 Å². The van der Waals surface area contributed by atoms with Crippen LogP contribution in [0.1, 0.15) is 18.6 Å². The van der Waals surface area contributed by atoms with Gasteiger partial charge in [0, 0.05) is 0 Å². The van der Waals surface area contributed by atoms with Crippen molar-refractivity contribution in [3.63, 3.8) is 0 Å². The Kier molecular flexibility index (Phi) is 4.48. The minimum absolute atomic E-state index is 0.00318. The first-order valence-corrected chi connectivity index (χ1v) is 10.1. The molecular weight excluding hydrogens is 376 g/mol. The topological polar surface area (TPSA) is 111 Å². The lowest BCUT2D eigenvalue weighted by Crippen LogP contribution is -2.06. The van der Waals surface area contributed by atoms with Crippen molar-refractivity contribution in [2.45, 2.75) is 22.8 Å². The largest absolute Gasteiger partial charge is 0.468 e. The van der Waals surface area contributed by atoms with Crippen LogP contribution in [-0.4, -0.2) is 23.4 Å². The van der Waals surface area contributed by atoms with Gasteiger partial charge in [-0.1, -0.05) is 48.5 Å². The summed E-state index contributed by atoms with van der Waals surface area (Å²) < 4.78 is 32.1. The predicted molar refractivity (Wildman–Crippen MR) is 106 cm³/mol. The number of sulfone groups is 1. The molecule has 2 aromatic heterocycles. The van der Waals surface area contributed by atoms with Crippen LogP contribution in [0.25, 0.3) is 11.0 Å². The van der Waals surface area contributed by atoms with Gasteiger partial charge in [-0.25, -0.2) is 13.4 Å². The Hall–Kier alpha value is -3.39. The maximum Gasteiger partial charge on any atom is 0.242 e. The molecule has 3 N–H and O–H groups in total. The van der Waals surface area contributed by atoms with Gasteiger partial charge in [0.25, 0.3) is 0 Å². The van der Waals surface area contributed by atoms with Gasteiger partial charge < -0.3 is 15.5 Å². The van der Waals surface area contributed by atoms with Gasteiger partial charge in [0.05, 0.1) is 4.90 Å². The molecule has 4 rings (SSSR count). The lowest BCUT2D eigenvalue weighted by Gasteiger charge is -2.14. The molecule has 0 aliphatic heterocycles. The van der Waals surface area contributed by atoms with E-state index in [4.69, 9.17) is 10.5 Å². The van der Waals surface area contributed by atoms with Crippen molar-refractivity contribution in [1.29, 1.82) is 0 Å². The number of ether oxygens (including phenoxy) is 1. The zero-order chi connectivity index (χ0) is 19.7. The molecule has 142 valence electrons. The van der Waals surface area contributed by atoms with E-state index in [0.717, 1.165) is 5.56 Å². The Balaban J connectivity index is 1.80. The van der Waals surface area contributed by atoms with Gasteiger partial charge >= 0.3 is 0 Å². The van der Waals surface area contributed by atoms with Crippen LogP contribution in [0.2, 0.25) is 0 Å². The number of hydrogen-bond acceptors (Lipinski definition) is 6.